The highest BCUT2D eigenvalue weighted by atomic mass is 32.2. The number of quaternary nitrogens is 1. The van der Waals surface area contributed by atoms with E-state index in [1.807, 2.05) is 6.92 Å². The Labute approximate surface area is 118 Å². The third kappa shape index (κ3) is 2.89. The summed E-state index contributed by atoms with van der Waals surface area (Å²) in [6.07, 6.45) is 0. The van der Waals surface area contributed by atoms with Crippen LogP contribution in [0.4, 0.5) is 4.39 Å². The number of hydrogen-bond donors (Lipinski definition) is 1. The molecule has 0 radical (unpaired) electrons. The maximum Gasteiger partial charge on any atom is 0.190 e. The first-order valence-electron chi connectivity index (χ1n) is 6.30. The molecule has 0 saturated heterocycles. The van der Waals surface area contributed by atoms with Crippen LogP contribution in [0.5, 0.6) is 0 Å². The van der Waals surface area contributed by atoms with Crippen LogP contribution in [-0.4, -0.2) is 15.0 Å². The smallest absolute Gasteiger partial charge is 0.190 e. The van der Waals surface area contributed by atoms with Crippen molar-refractivity contribution in [3.05, 3.63) is 65.5 Å². The summed E-state index contributed by atoms with van der Waals surface area (Å²) in [5.41, 5.74) is 5.12. The fourth-order valence-corrected chi connectivity index (χ4v) is 3.76. The highest BCUT2D eigenvalue weighted by molar-refractivity contribution is 7.91. The van der Waals surface area contributed by atoms with Crippen molar-refractivity contribution < 1.29 is 18.5 Å². The van der Waals surface area contributed by atoms with Crippen LogP contribution in [0.25, 0.3) is 0 Å². The van der Waals surface area contributed by atoms with Crippen LogP contribution in [0.3, 0.4) is 0 Å². The van der Waals surface area contributed by atoms with Gasteiger partial charge in [0.15, 0.2) is 9.84 Å². The maximum absolute atomic E-state index is 13.3. The van der Waals surface area contributed by atoms with E-state index in [2.05, 4.69) is 5.73 Å². The number of rotatable bonds is 4. The van der Waals surface area contributed by atoms with Gasteiger partial charge in [-0.25, -0.2) is 12.8 Å². The number of aryl methyl sites for hydroxylation is 1. The Hall–Kier alpha value is -1.72. The second-order valence-corrected chi connectivity index (χ2v) is 6.82. The van der Waals surface area contributed by atoms with Gasteiger partial charge in [-0.1, -0.05) is 29.8 Å². The molecule has 0 aliphatic rings. The Morgan fingerprint density at radius 3 is 2.35 bits per heavy atom. The molecule has 0 aliphatic heterocycles. The van der Waals surface area contributed by atoms with Crippen molar-refractivity contribution in [2.45, 2.75) is 17.1 Å². The van der Waals surface area contributed by atoms with Crippen LogP contribution < -0.4 is 5.73 Å². The van der Waals surface area contributed by atoms with Crippen molar-refractivity contribution in [1.29, 1.82) is 0 Å². The van der Waals surface area contributed by atoms with Crippen molar-refractivity contribution >= 4 is 9.84 Å². The summed E-state index contributed by atoms with van der Waals surface area (Å²) < 4.78 is 38.5. The molecule has 2 rings (SSSR count). The summed E-state index contributed by atoms with van der Waals surface area (Å²) in [7, 11) is -3.57. The molecule has 5 heteroatoms. The molecule has 0 heterocycles. The van der Waals surface area contributed by atoms with Gasteiger partial charge in [0, 0.05) is 0 Å². The molecule has 0 aliphatic carbocycles. The summed E-state index contributed by atoms with van der Waals surface area (Å²) >= 11 is 0. The molecule has 106 valence electrons. The van der Waals surface area contributed by atoms with E-state index in [9.17, 15) is 12.8 Å². The zero-order valence-corrected chi connectivity index (χ0v) is 12.0. The average Bonchev–Trinajstić information content (AvgIpc) is 2.40. The number of benzene rings is 2. The van der Waals surface area contributed by atoms with Crippen molar-refractivity contribution in [3.63, 3.8) is 0 Å². The lowest BCUT2D eigenvalue weighted by Gasteiger charge is -2.15. The first-order valence-corrected chi connectivity index (χ1v) is 7.85. The molecule has 0 bridgehead atoms. The van der Waals surface area contributed by atoms with E-state index in [0.29, 0.717) is 5.56 Å². The van der Waals surface area contributed by atoms with E-state index < -0.39 is 20.9 Å². The maximum atomic E-state index is 13.3. The monoisotopic (exact) mass is 294 g/mol. The summed E-state index contributed by atoms with van der Waals surface area (Å²) in [6, 6.07) is 12.3. The predicted molar refractivity (Wildman–Crippen MR) is 75.3 cm³/mol. The van der Waals surface area contributed by atoms with E-state index in [1.165, 1.54) is 18.2 Å². The quantitative estimate of drug-likeness (QED) is 0.936. The van der Waals surface area contributed by atoms with Gasteiger partial charge in [-0.05, 0) is 36.8 Å². The average molecular weight is 294 g/mol. The lowest BCUT2D eigenvalue weighted by molar-refractivity contribution is -0.367. The SMILES string of the molecule is Cc1ccc(S(=O)(=O)[C@@H](C[NH3+])c2cccc(F)c2)cc1. The topological polar surface area (TPSA) is 61.8 Å². The van der Waals surface area contributed by atoms with Gasteiger partial charge in [-0.15, -0.1) is 0 Å². The molecule has 3 nitrogen and oxygen atoms in total. The van der Waals surface area contributed by atoms with E-state index in [1.54, 1.807) is 30.3 Å². The third-order valence-corrected chi connectivity index (χ3v) is 5.39. The standard InChI is InChI=1S/C15H16FNO2S/c1-11-5-7-14(8-6-11)20(18,19)15(10-17)12-3-2-4-13(16)9-12/h2-9,15H,10,17H2,1H3/p+1/t15-/m0/s1. The molecule has 20 heavy (non-hydrogen) atoms. The van der Waals surface area contributed by atoms with Gasteiger partial charge in [0.2, 0.25) is 0 Å². The Morgan fingerprint density at radius 2 is 1.80 bits per heavy atom. The van der Waals surface area contributed by atoms with Crippen LogP contribution in [-0.2, 0) is 9.84 Å². The van der Waals surface area contributed by atoms with Gasteiger partial charge in [-0.3, -0.25) is 0 Å². The fraction of sp³-hybridized carbons (Fsp3) is 0.200. The van der Waals surface area contributed by atoms with Gasteiger partial charge < -0.3 is 5.73 Å². The van der Waals surface area contributed by atoms with Gasteiger partial charge in [0.1, 0.15) is 11.1 Å². The van der Waals surface area contributed by atoms with Crippen LogP contribution in [0.1, 0.15) is 16.4 Å². The molecule has 0 saturated carbocycles. The highest BCUT2D eigenvalue weighted by Gasteiger charge is 2.29. The van der Waals surface area contributed by atoms with Gasteiger partial charge >= 0.3 is 0 Å². The minimum absolute atomic E-state index is 0.152. The molecule has 3 N–H and O–H groups in total. The normalized spacial score (nSPS) is 13.2. The number of halogens is 1. The summed E-state index contributed by atoms with van der Waals surface area (Å²) in [6.45, 7) is 2.04. The molecule has 2 aromatic carbocycles. The third-order valence-electron chi connectivity index (χ3n) is 3.21. The molecule has 0 unspecified atom stereocenters. The second-order valence-electron chi connectivity index (χ2n) is 4.69. The Kier molecular flexibility index (Phi) is 4.20. The summed E-state index contributed by atoms with van der Waals surface area (Å²) in [4.78, 5) is 0.237. The zero-order chi connectivity index (χ0) is 14.8. The molecule has 0 aromatic heterocycles. The molecule has 2 aromatic rings. The Bertz CT molecular complexity index is 696. The number of sulfone groups is 1. The lowest BCUT2D eigenvalue weighted by Crippen LogP contribution is -2.54. The molecule has 0 fully saturated rings. The van der Waals surface area contributed by atoms with Crippen molar-refractivity contribution in [3.8, 4) is 0 Å². The highest BCUT2D eigenvalue weighted by Crippen LogP contribution is 2.28. The van der Waals surface area contributed by atoms with E-state index in [4.69, 9.17) is 0 Å². The molecule has 1 atom stereocenters. The number of hydrogen-bond acceptors (Lipinski definition) is 2. The largest absolute Gasteiger partial charge is 0.356 e. The first-order chi connectivity index (χ1) is 9.45. The van der Waals surface area contributed by atoms with Crippen molar-refractivity contribution in [2.75, 3.05) is 6.54 Å². The van der Waals surface area contributed by atoms with E-state index in [0.717, 1.165) is 5.56 Å². The summed E-state index contributed by atoms with van der Waals surface area (Å²) in [5.74, 6) is -0.444. The van der Waals surface area contributed by atoms with E-state index in [-0.39, 0.29) is 11.4 Å². The minimum atomic E-state index is -3.57. The zero-order valence-electron chi connectivity index (χ0n) is 11.2. The minimum Gasteiger partial charge on any atom is -0.356 e. The first kappa shape index (κ1) is 14.7. The van der Waals surface area contributed by atoms with Crippen LogP contribution in [0.2, 0.25) is 0 Å². The summed E-state index contributed by atoms with van der Waals surface area (Å²) in [5, 5.41) is -0.832. The van der Waals surface area contributed by atoms with Crippen LogP contribution in [0.15, 0.2) is 53.4 Å². The van der Waals surface area contributed by atoms with Gasteiger partial charge in [0.05, 0.1) is 11.4 Å². The predicted octanol–water partition coefficient (Wildman–Crippen LogP) is 1.89. The lowest BCUT2D eigenvalue weighted by atomic mass is 10.1. The molecule has 0 spiro atoms. The van der Waals surface area contributed by atoms with E-state index >= 15 is 0 Å². The molecule has 0 amide bonds. The van der Waals surface area contributed by atoms with Gasteiger partial charge in [-0.2, -0.15) is 0 Å². The Morgan fingerprint density at radius 1 is 1.15 bits per heavy atom. The van der Waals surface area contributed by atoms with Crippen LogP contribution in [0, 0.1) is 12.7 Å². The molecular weight excluding hydrogens is 277 g/mol. The van der Waals surface area contributed by atoms with Crippen molar-refractivity contribution in [2.24, 2.45) is 0 Å². The second kappa shape index (κ2) is 5.73. The van der Waals surface area contributed by atoms with Crippen molar-refractivity contribution in [1.82, 2.24) is 0 Å². The Balaban J connectivity index is 2.47. The van der Waals surface area contributed by atoms with Crippen LogP contribution >= 0.6 is 0 Å². The molecular formula is C15H17FNO2S+. The fourth-order valence-electron chi connectivity index (χ4n) is 2.10. The van der Waals surface area contributed by atoms with Gasteiger partial charge in [0.25, 0.3) is 0 Å².